The third kappa shape index (κ3) is 1.90. The van der Waals surface area contributed by atoms with E-state index in [-0.39, 0.29) is 0 Å². The number of ether oxygens (including phenoxy) is 1. The SMILES string of the molecule is COc1ccccc1-c1cc2ncc3c(n2n1)C[C@H]1CC[C@H]3N1. The van der Waals surface area contributed by atoms with E-state index >= 15 is 0 Å². The zero-order valence-electron chi connectivity index (χ0n) is 13.0. The summed E-state index contributed by atoms with van der Waals surface area (Å²) in [6.07, 6.45) is 5.49. The van der Waals surface area contributed by atoms with Gasteiger partial charge in [-0.1, -0.05) is 12.1 Å². The van der Waals surface area contributed by atoms with Gasteiger partial charge in [0.05, 0.1) is 18.5 Å². The fraction of sp³-hybridized carbons (Fsp3) is 0.333. The molecule has 2 aliphatic rings. The molecule has 5 heteroatoms. The molecule has 5 nitrogen and oxygen atoms in total. The van der Waals surface area contributed by atoms with Gasteiger partial charge in [0.1, 0.15) is 5.75 Å². The third-order valence-corrected chi connectivity index (χ3v) is 5.05. The van der Waals surface area contributed by atoms with Crippen molar-refractivity contribution in [1.29, 1.82) is 0 Å². The third-order valence-electron chi connectivity index (χ3n) is 5.05. The van der Waals surface area contributed by atoms with Gasteiger partial charge < -0.3 is 10.1 Å². The molecule has 2 aromatic heterocycles. The van der Waals surface area contributed by atoms with Crippen LogP contribution in [-0.2, 0) is 6.42 Å². The van der Waals surface area contributed by atoms with E-state index in [1.807, 2.05) is 41.0 Å². The van der Waals surface area contributed by atoms with Crippen LogP contribution in [0.4, 0.5) is 0 Å². The maximum Gasteiger partial charge on any atom is 0.155 e. The van der Waals surface area contributed by atoms with Gasteiger partial charge in [0.2, 0.25) is 0 Å². The van der Waals surface area contributed by atoms with E-state index in [0.29, 0.717) is 12.1 Å². The van der Waals surface area contributed by atoms with E-state index in [0.717, 1.165) is 29.1 Å². The topological polar surface area (TPSA) is 51.5 Å². The largest absolute Gasteiger partial charge is 0.496 e. The monoisotopic (exact) mass is 306 g/mol. The summed E-state index contributed by atoms with van der Waals surface area (Å²) in [6, 6.07) is 11.1. The predicted molar refractivity (Wildman–Crippen MR) is 87.6 cm³/mol. The summed E-state index contributed by atoms with van der Waals surface area (Å²) >= 11 is 0. The molecule has 0 aliphatic carbocycles. The second-order valence-electron chi connectivity index (χ2n) is 6.36. The summed E-state index contributed by atoms with van der Waals surface area (Å²) < 4.78 is 7.50. The van der Waals surface area contributed by atoms with Crippen molar-refractivity contribution < 1.29 is 4.74 Å². The van der Waals surface area contributed by atoms with Crippen LogP contribution < -0.4 is 10.1 Å². The molecule has 4 heterocycles. The molecule has 1 saturated heterocycles. The first-order valence-electron chi connectivity index (χ1n) is 8.10. The average molecular weight is 306 g/mol. The number of methoxy groups -OCH3 is 1. The Balaban J connectivity index is 1.70. The number of para-hydroxylation sites is 1. The Labute approximate surface area is 134 Å². The lowest BCUT2D eigenvalue weighted by Crippen LogP contribution is -2.33. The molecule has 1 fully saturated rings. The van der Waals surface area contributed by atoms with Gasteiger partial charge in [0.25, 0.3) is 0 Å². The average Bonchev–Trinajstić information content (AvgIpc) is 3.19. The molecule has 1 aromatic carbocycles. The number of hydrogen-bond donors (Lipinski definition) is 1. The first-order valence-corrected chi connectivity index (χ1v) is 8.10. The van der Waals surface area contributed by atoms with E-state index in [1.54, 1.807) is 7.11 Å². The van der Waals surface area contributed by atoms with Crippen LogP contribution in [0.1, 0.15) is 30.1 Å². The maximum absolute atomic E-state index is 5.47. The van der Waals surface area contributed by atoms with Gasteiger partial charge in [-0.25, -0.2) is 9.50 Å². The van der Waals surface area contributed by atoms with Crippen molar-refractivity contribution in [2.45, 2.75) is 31.3 Å². The standard InChI is InChI=1S/C18H18N4O/c1-23-17-5-3-2-4-12(17)15-9-18-19-10-13-14-7-6-11(20-14)8-16(13)22(18)21-15/h2-5,9-11,14,20H,6-8H2,1H3/t11-,14-/m1/s1. The summed E-state index contributed by atoms with van der Waals surface area (Å²) in [6.45, 7) is 0. The fourth-order valence-corrected chi connectivity index (χ4v) is 3.94. The number of hydrogen-bond acceptors (Lipinski definition) is 4. The van der Waals surface area contributed by atoms with Crippen LogP contribution in [0.15, 0.2) is 36.5 Å². The number of benzene rings is 1. The summed E-state index contributed by atoms with van der Waals surface area (Å²) in [5.74, 6) is 0.839. The van der Waals surface area contributed by atoms with Crippen LogP contribution >= 0.6 is 0 Å². The molecule has 0 spiro atoms. The van der Waals surface area contributed by atoms with Crippen molar-refractivity contribution in [1.82, 2.24) is 19.9 Å². The summed E-state index contributed by atoms with van der Waals surface area (Å²) in [5.41, 5.74) is 5.44. The second-order valence-corrected chi connectivity index (χ2v) is 6.36. The van der Waals surface area contributed by atoms with E-state index in [9.17, 15) is 0 Å². The van der Waals surface area contributed by atoms with Crippen LogP contribution in [0.3, 0.4) is 0 Å². The summed E-state index contributed by atoms with van der Waals surface area (Å²) in [7, 11) is 1.69. The van der Waals surface area contributed by atoms with Gasteiger partial charge in [0, 0.05) is 41.9 Å². The number of nitrogens with one attached hydrogen (secondary N) is 1. The first kappa shape index (κ1) is 13.1. The van der Waals surface area contributed by atoms with Gasteiger partial charge in [0.15, 0.2) is 5.65 Å². The Kier molecular flexibility index (Phi) is 2.73. The van der Waals surface area contributed by atoms with E-state index in [4.69, 9.17) is 9.84 Å². The zero-order chi connectivity index (χ0) is 15.4. The zero-order valence-corrected chi connectivity index (χ0v) is 13.0. The maximum atomic E-state index is 5.47. The summed E-state index contributed by atoms with van der Waals surface area (Å²) in [4.78, 5) is 4.63. The van der Waals surface area contributed by atoms with Gasteiger partial charge >= 0.3 is 0 Å². The highest BCUT2D eigenvalue weighted by Gasteiger charge is 2.34. The molecule has 2 bridgehead atoms. The molecule has 0 radical (unpaired) electrons. The number of fused-ring (bicyclic) bond motifs is 6. The van der Waals surface area contributed by atoms with E-state index in [2.05, 4.69) is 10.3 Å². The van der Waals surface area contributed by atoms with Gasteiger partial charge in [-0.2, -0.15) is 5.10 Å². The molecular formula is C18H18N4O. The van der Waals surface area contributed by atoms with Crippen LogP contribution in [0.25, 0.3) is 16.9 Å². The van der Waals surface area contributed by atoms with E-state index < -0.39 is 0 Å². The number of rotatable bonds is 2. The minimum atomic E-state index is 0.444. The van der Waals surface area contributed by atoms with Crippen LogP contribution in [0.2, 0.25) is 0 Å². The molecule has 0 amide bonds. The normalized spacial score (nSPS) is 22.3. The minimum Gasteiger partial charge on any atom is -0.496 e. The molecule has 5 rings (SSSR count). The van der Waals surface area contributed by atoms with Gasteiger partial charge in [-0.3, -0.25) is 0 Å². The summed E-state index contributed by atoms with van der Waals surface area (Å²) in [5, 5.41) is 8.51. The Morgan fingerprint density at radius 3 is 3.09 bits per heavy atom. The van der Waals surface area contributed by atoms with Crippen molar-refractivity contribution in [2.24, 2.45) is 0 Å². The van der Waals surface area contributed by atoms with Crippen molar-refractivity contribution in [3.8, 4) is 17.0 Å². The van der Waals surface area contributed by atoms with E-state index in [1.165, 1.54) is 24.1 Å². The molecule has 0 saturated carbocycles. The lowest BCUT2D eigenvalue weighted by molar-refractivity contribution is 0.416. The number of aromatic nitrogens is 3. The molecule has 23 heavy (non-hydrogen) atoms. The lowest BCUT2D eigenvalue weighted by Gasteiger charge is -2.24. The Morgan fingerprint density at radius 1 is 1.26 bits per heavy atom. The van der Waals surface area contributed by atoms with Gasteiger partial charge in [-0.15, -0.1) is 0 Å². The van der Waals surface area contributed by atoms with Crippen LogP contribution in [-0.4, -0.2) is 27.7 Å². The van der Waals surface area contributed by atoms with Crippen molar-refractivity contribution in [3.63, 3.8) is 0 Å². The highest BCUT2D eigenvalue weighted by atomic mass is 16.5. The highest BCUT2D eigenvalue weighted by molar-refractivity contribution is 5.70. The second kappa shape index (κ2) is 4.80. The minimum absolute atomic E-state index is 0.444. The molecule has 116 valence electrons. The Hall–Kier alpha value is -2.40. The van der Waals surface area contributed by atoms with Crippen molar-refractivity contribution in [2.75, 3.05) is 7.11 Å². The van der Waals surface area contributed by atoms with Crippen LogP contribution in [0, 0.1) is 0 Å². The van der Waals surface area contributed by atoms with Crippen molar-refractivity contribution >= 4 is 5.65 Å². The quantitative estimate of drug-likeness (QED) is 0.791. The molecule has 2 atom stereocenters. The predicted octanol–water partition coefficient (Wildman–Crippen LogP) is 2.75. The van der Waals surface area contributed by atoms with Crippen molar-refractivity contribution in [3.05, 3.63) is 47.8 Å². The molecular weight excluding hydrogens is 288 g/mol. The molecule has 3 aromatic rings. The molecule has 2 aliphatic heterocycles. The fourth-order valence-electron chi connectivity index (χ4n) is 3.94. The Bertz CT molecular complexity index is 901. The van der Waals surface area contributed by atoms with Crippen LogP contribution in [0.5, 0.6) is 5.75 Å². The smallest absolute Gasteiger partial charge is 0.155 e. The lowest BCUT2D eigenvalue weighted by atomic mass is 10.0. The number of nitrogens with zero attached hydrogens (tertiary/aromatic N) is 3. The highest BCUT2D eigenvalue weighted by Crippen LogP contribution is 2.36. The van der Waals surface area contributed by atoms with Gasteiger partial charge in [-0.05, 0) is 25.0 Å². The first-order chi connectivity index (χ1) is 11.3. The molecule has 0 unspecified atom stereocenters. The Morgan fingerprint density at radius 2 is 2.17 bits per heavy atom. The molecule has 1 N–H and O–H groups in total.